The smallest absolute Gasteiger partial charge is 0.207 e. The quantitative estimate of drug-likeness (QED) is 0.933. The first kappa shape index (κ1) is 15.3. The summed E-state index contributed by atoms with van der Waals surface area (Å²) in [6.45, 7) is 2.39. The largest absolute Gasteiger partial charge is 0.404 e. The average molecular weight is 302 g/mol. The van der Waals surface area contributed by atoms with E-state index in [2.05, 4.69) is 0 Å². The summed E-state index contributed by atoms with van der Waals surface area (Å²) in [6.07, 6.45) is -4.64. The van der Waals surface area contributed by atoms with Crippen LogP contribution in [0.4, 0.5) is 13.2 Å². The molecule has 0 amide bonds. The molecule has 1 rings (SSSR count). The van der Waals surface area contributed by atoms with Gasteiger partial charge in [-0.2, -0.15) is 17.9 Å². The Labute approximate surface area is 108 Å². The summed E-state index contributed by atoms with van der Waals surface area (Å²) in [4.78, 5) is -0.297. The Morgan fingerprint density at radius 3 is 2.33 bits per heavy atom. The van der Waals surface area contributed by atoms with Crippen molar-refractivity contribution in [2.45, 2.75) is 31.0 Å². The highest BCUT2D eigenvalue weighted by molar-refractivity contribution is 7.89. The van der Waals surface area contributed by atoms with Gasteiger partial charge in [0.15, 0.2) is 0 Å². The Morgan fingerprint density at radius 1 is 1.33 bits per heavy atom. The van der Waals surface area contributed by atoms with E-state index in [0.717, 1.165) is 13.0 Å². The van der Waals surface area contributed by atoms with Crippen LogP contribution in [0.2, 0.25) is 5.02 Å². The van der Waals surface area contributed by atoms with Crippen LogP contribution in [0.15, 0.2) is 23.1 Å². The van der Waals surface area contributed by atoms with Gasteiger partial charge in [0.2, 0.25) is 10.0 Å². The van der Waals surface area contributed by atoms with Gasteiger partial charge in [0, 0.05) is 5.02 Å². The molecular weight excluding hydrogens is 291 g/mol. The van der Waals surface area contributed by atoms with Crippen molar-refractivity contribution in [3.05, 3.63) is 28.8 Å². The lowest BCUT2D eigenvalue weighted by Gasteiger charge is -2.17. The predicted molar refractivity (Wildman–Crippen MR) is 62.0 cm³/mol. The van der Waals surface area contributed by atoms with E-state index < -0.39 is 22.2 Å². The van der Waals surface area contributed by atoms with Gasteiger partial charge in [-0.25, -0.2) is 8.42 Å². The van der Waals surface area contributed by atoms with Gasteiger partial charge in [-0.15, -0.1) is 0 Å². The number of halogens is 4. The highest BCUT2D eigenvalue weighted by Crippen LogP contribution is 2.23. The van der Waals surface area contributed by atoms with Crippen molar-refractivity contribution >= 4 is 21.6 Å². The lowest BCUT2D eigenvalue weighted by Crippen LogP contribution is -2.42. The van der Waals surface area contributed by atoms with Crippen LogP contribution in [0.5, 0.6) is 0 Å². The molecule has 0 aliphatic carbocycles. The SMILES string of the molecule is Cc1ccc(S(=O)(=O)NC(C)C(F)(F)F)cc1Cl. The molecule has 0 fully saturated rings. The third kappa shape index (κ3) is 3.60. The number of benzene rings is 1. The molecule has 0 aromatic heterocycles. The number of aryl methyl sites for hydroxylation is 1. The molecule has 8 heteroatoms. The fourth-order valence-electron chi connectivity index (χ4n) is 1.11. The van der Waals surface area contributed by atoms with Crippen molar-refractivity contribution in [2.24, 2.45) is 0 Å². The number of sulfonamides is 1. The molecule has 1 aromatic carbocycles. The average Bonchev–Trinajstić information content (AvgIpc) is 2.19. The minimum atomic E-state index is -4.64. The third-order valence-electron chi connectivity index (χ3n) is 2.28. The van der Waals surface area contributed by atoms with Crippen LogP contribution in [-0.4, -0.2) is 20.6 Å². The van der Waals surface area contributed by atoms with Crippen LogP contribution in [0.3, 0.4) is 0 Å². The monoisotopic (exact) mass is 301 g/mol. The summed E-state index contributed by atoms with van der Waals surface area (Å²) in [5, 5.41) is 0.178. The van der Waals surface area contributed by atoms with Crippen LogP contribution in [0, 0.1) is 6.92 Å². The van der Waals surface area contributed by atoms with Gasteiger partial charge >= 0.3 is 6.18 Å². The maximum atomic E-state index is 12.3. The number of hydrogen-bond donors (Lipinski definition) is 1. The summed E-state index contributed by atoms with van der Waals surface area (Å²) in [5.74, 6) is 0. The number of alkyl halides is 3. The number of rotatable bonds is 3. The molecule has 1 N–H and O–H groups in total. The Kier molecular flexibility index (Phi) is 4.30. The van der Waals surface area contributed by atoms with E-state index >= 15 is 0 Å². The molecule has 3 nitrogen and oxygen atoms in total. The maximum Gasteiger partial charge on any atom is 0.404 e. The van der Waals surface area contributed by atoms with Gasteiger partial charge in [-0.3, -0.25) is 0 Å². The predicted octanol–water partition coefficient (Wildman–Crippen LogP) is 2.88. The van der Waals surface area contributed by atoms with E-state index in [9.17, 15) is 21.6 Å². The van der Waals surface area contributed by atoms with Crippen LogP contribution < -0.4 is 4.72 Å². The first-order valence-corrected chi connectivity index (χ1v) is 6.75. The van der Waals surface area contributed by atoms with Gasteiger partial charge in [0.25, 0.3) is 0 Å². The molecular formula is C10H11ClF3NO2S. The fourth-order valence-corrected chi connectivity index (χ4v) is 2.61. The Bertz CT molecular complexity index is 543. The van der Waals surface area contributed by atoms with Gasteiger partial charge < -0.3 is 0 Å². The Balaban J connectivity index is 3.04. The lowest BCUT2D eigenvalue weighted by molar-refractivity contribution is -0.147. The maximum absolute atomic E-state index is 12.3. The third-order valence-corrected chi connectivity index (χ3v) is 4.22. The van der Waals surface area contributed by atoms with E-state index in [1.807, 2.05) is 0 Å². The molecule has 18 heavy (non-hydrogen) atoms. The van der Waals surface area contributed by atoms with E-state index in [-0.39, 0.29) is 9.92 Å². The molecule has 0 spiro atoms. The van der Waals surface area contributed by atoms with Gasteiger partial charge in [-0.05, 0) is 31.5 Å². The van der Waals surface area contributed by atoms with Crippen molar-refractivity contribution in [1.29, 1.82) is 0 Å². The molecule has 1 aromatic rings. The molecule has 0 aliphatic rings. The van der Waals surface area contributed by atoms with Crippen LogP contribution in [0.25, 0.3) is 0 Å². The fraction of sp³-hybridized carbons (Fsp3) is 0.400. The normalized spacial score (nSPS) is 14.6. The zero-order valence-electron chi connectivity index (χ0n) is 9.55. The molecule has 0 saturated carbocycles. The summed E-state index contributed by atoms with van der Waals surface area (Å²) in [7, 11) is -4.24. The molecule has 0 aliphatic heterocycles. The molecule has 1 unspecified atom stereocenters. The van der Waals surface area contributed by atoms with E-state index in [1.165, 1.54) is 12.1 Å². The van der Waals surface area contributed by atoms with Gasteiger partial charge in [0.1, 0.15) is 6.04 Å². The topological polar surface area (TPSA) is 46.2 Å². The standard InChI is InChI=1S/C10H11ClF3NO2S/c1-6-3-4-8(5-9(6)11)18(16,17)15-7(2)10(12,13)14/h3-5,7,15H,1-2H3. The zero-order chi connectivity index (χ0) is 14.1. The van der Waals surface area contributed by atoms with Crippen LogP contribution in [-0.2, 0) is 10.0 Å². The summed E-state index contributed by atoms with van der Waals surface area (Å²) in [6, 6.07) is 1.58. The van der Waals surface area contributed by atoms with Gasteiger partial charge in [-0.1, -0.05) is 17.7 Å². The highest BCUT2D eigenvalue weighted by atomic mass is 35.5. The first-order valence-electron chi connectivity index (χ1n) is 4.89. The summed E-state index contributed by atoms with van der Waals surface area (Å²) < 4.78 is 61.8. The summed E-state index contributed by atoms with van der Waals surface area (Å²) in [5.41, 5.74) is 0.638. The Morgan fingerprint density at radius 2 is 1.89 bits per heavy atom. The molecule has 0 bridgehead atoms. The second-order valence-corrected chi connectivity index (χ2v) is 5.92. The molecule has 0 heterocycles. The molecule has 102 valence electrons. The van der Waals surface area contributed by atoms with Gasteiger partial charge in [0.05, 0.1) is 4.90 Å². The second-order valence-electron chi connectivity index (χ2n) is 3.80. The number of hydrogen-bond acceptors (Lipinski definition) is 2. The van der Waals surface area contributed by atoms with Crippen molar-refractivity contribution in [3.8, 4) is 0 Å². The van der Waals surface area contributed by atoms with Crippen molar-refractivity contribution in [1.82, 2.24) is 4.72 Å². The van der Waals surface area contributed by atoms with Crippen molar-refractivity contribution < 1.29 is 21.6 Å². The lowest BCUT2D eigenvalue weighted by atomic mass is 10.2. The summed E-state index contributed by atoms with van der Waals surface area (Å²) >= 11 is 5.73. The van der Waals surface area contributed by atoms with Crippen molar-refractivity contribution in [2.75, 3.05) is 0 Å². The van der Waals surface area contributed by atoms with Crippen molar-refractivity contribution in [3.63, 3.8) is 0 Å². The minimum absolute atomic E-state index is 0.178. The van der Waals surface area contributed by atoms with E-state index in [1.54, 1.807) is 11.6 Å². The van der Waals surface area contributed by atoms with Crippen LogP contribution >= 0.6 is 11.6 Å². The van der Waals surface area contributed by atoms with E-state index in [0.29, 0.717) is 5.56 Å². The second kappa shape index (κ2) is 5.07. The molecule has 0 radical (unpaired) electrons. The van der Waals surface area contributed by atoms with Crippen LogP contribution in [0.1, 0.15) is 12.5 Å². The molecule has 1 atom stereocenters. The van der Waals surface area contributed by atoms with E-state index in [4.69, 9.17) is 11.6 Å². The highest BCUT2D eigenvalue weighted by Gasteiger charge is 2.38. The minimum Gasteiger partial charge on any atom is -0.207 e. The first-order chi connectivity index (χ1) is 8.04. The molecule has 0 saturated heterocycles. The Hall–Kier alpha value is -0.790. The number of nitrogens with one attached hydrogen (secondary N) is 1. The zero-order valence-corrected chi connectivity index (χ0v) is 11.1.